The van der Waals surface area contributed by atoms with Crippen molar-refractivity contribution in [2.24, 2.45) is 0 Å². The molecule has 3 aromatic rings. The van der Waals surface area contributed by atoms with E-state index in [0.29, 0.717) is 36.9 Å². The van der Waals surface area contributed by atoms with E-state index in [4.69, 9.17) is 9.47 Å². The average Bonchev–Trinajstić information content (AvgIpc) is 3.07. The molecule has 0 unspecified atom stereocenters. The third kappa shape index (κ3) is 4.14. The van der Waals surface area contributed by atoms with E-state index in [0.717, 1.165) is 23.0 Å². The van der Waals surface area contributed by atoms with Gasteiger partial charge in [0.05, 0.1) is 24.7 Å². The van der Waals surface area contributed by atoms with Gasteiger partial charge in [0.15, 0.2) is 11.5 Å². The molecule has 1 aromatic heterocycles. The van der Waals surface area contributed by atoms with E-state index in [9.17, 15) is 5.11 Å². The number of aliphatic hydroxyl groups excluding tert-OH is 1. The second kappa shape index (κ2) is 8.73. The maximum Gasteiger partial charge on any atom is 0.161 e. The number of allylic oxidation sites excluding steroid dienone is 1. The van der Waals surface area contributed by atoms with E-state index in [1.807, 2.05) is 60.0 Å². The number of imidazole rings is 1. The number of fused-ring (bicyclic) bond motifs is 1. The van der Waals surface area contributed by atoms with Crippen LogP contribution in [0.2, 0.25) is 0 Å². The number of hydrogen-bond donors (Lipinski definition) is 1. The van der Waals surface area contributed by atoms with Crippen molar-refractivity contribution in [1.29, 1.82) is 0 Å². The average molecular weight is 366 g/mol. The number of benzene rings is 2. The Labute approximate surface area is 159 Å². The van der Waals surface area contributed by atoms with Crippen molar-refractivity contribution in [3.05, 3.63) is 66.5 Å². The molecule has 0 bridgehead atoms. The van der Waals surface area contributed by atoms with Crippen molar-refractivity contribution >= 4 is 11.0 Å². The molecule has 5 nitrogen and oxygen atoms in total. The van der Waals surface area contributed by atoms with Gasteiger partial charge in [0.1, 0.15) is 18.5 Å². The second-order valence-corrected chi connectivity index (χ2v) is 6.36. The molecule has 3 rings (SSSR count). The number of aromatic nitrogens is 2. The summed E-state index contributed by atoms with van der Waals surface area (Å²) in [4.78, 5) is 4.60. The van der Waals surface area contributed by atoms with E-state index >= 15 is 0 Å². The molecular formula is C22H26N2O3. The van der Waals surface area contributed by atoms with Crippen LogP contribution in [-0.2, 0) is 13.0 Å². The number of methoxy groups -OCH3 is 1. The van der Waals surface area contributed by atoms with Crippen molar-refractivity contribution in [1.82, 2.24) is 9.55 Å². The van der Waals surface area contributed by atoms with Gasteiger partial charge in [0.2, 0.25) is 0 Å². The first-order valence-corrected chi connectivity index (χ1v) is 9.21. The van der Waals surface area contributed by atoms with Crippen LogP contribution in [0.15, 0.2) is 55.1 Å². The summed E-state index contributed by atoms with van der Waals surface area (Å²) >= 11 is 0. The van der Waals surface area contributed by atoms with Crippen molar-refractivity contribution in [2.45, 2.75) is 32.4 Å². The van der Waals surface area contributed by atoms with Gasteiger partial charge in [-0.3, -0.25) is 0 Å². The van der Waals surface area contributed by atoms with E-state index in [1.165, 1.54) is 0 Å². The maximum absolute atomic E-state index is 10.3. The number of hydrogen-bond acceptors (Lipinski definition) is 4. The van der Waals surface area contributed by atoms with Gasteiger partial charge in [-0.2, -0.15) is 0 Å². The van der Waals surface area contributed by atoms with Crippen LogP contribution in [0.4, 0.5) is 0 Å². The third-order valence-electron chi connectivity index (χ3n) is 4.55. The van der Waals surface area contributed by atoms with E-state index in [-0.39, 0.29) is 0 Å². The van der Waals surface area contributed by atoms with Gasteiger partial charge in [-0.05, 0) is 42.7 Å². The van der Waals surface area contributed by atoms with Crippen molar-refractivity contribution in [3.8, 4) is 11.5 Å². The highest BCUT2D eigenvalue weighted by molar-refractivity contribution is 5.76. The zero-order valence-corrected chi connectivity index (χ0v) is 15.9. The van der Waals surface area contributed by atoms with Crippen LogP contribution in [0.1, 0.15) is 30.8 Å². The van der Waals surface area contributed by atoms with Crippen LogP contribution in [0.25, 0.3) is 11.0 Å². The fourth-order valence-corrected chi connectivity index (χ4v) is 3.14. The molecule has 1 heterocycles. The topological polar surface area (TPSA) is 56.5 Å². The van der Waals surface area contributed by atoms with Crippen molar-refractivity contribution in [3.63, 3.8) is 0 Å². The van der Waals surface area contributed by atoms with Crippen LogP contribution in [-0.4, -0.2) is 28.4 Å². The summed E-state index contributed by atoms with van der Waals surface area (Å²) in [6.45, 7) is 6.74. The van der Waals surface area contributed by atoms with Crippen molar-refractivity contribution < 1.29 is 14.6 Å². The fraction of sp³-hybridized carbons (Fsp3) is 0.318. The molecule has 0 aliphatic rings. The van der Waals surface area contributed by atoms with Gasteiger partial charge < -0.3 is 19.1 Å². The van der Waals surface area contributed by atoms with Gasteiger partial charge in [-0.25, -0.2) is 4.98 Å². The molecule has 0 radical (unpaired) electrons. The first kappa shape index (κ1) is 19.0. The monoisotopic (exact) mass is 366 g/mol. The highest BCUT2D eigenvalue weighted by atomic mass is 16.5. The number of aliphatic hydroxyl groups is 1. The Kier molecular flexibility index (Phi) is 6.14. The van der Waals surface area contributed by atoms with E-state index < -0.39 is 6.10 Å². The highest BCUT2D eigenvalue weighted by Gasteiger charge is 2.16. The Balaban J connectivity index is 1.78. The summed E-state index contributed by atoms with van der Waals surface area (Å²) in [6.07, 6.45) is 2.67. The van der Waals surface area contributed by atoms with Gasteiger partial charge in [0, 0.05) is 0 Å². The second-order valence-electron chi connectivity index (χ2n) is 6.36. The van der Waals surface area contributed by atoms with Gasteiger partial charge in [-0.1, -0.05) is 31.2 Å². The molecule has 1 N–H and O–H groups in total. The van der Waals surface area contributed by atoms with Crippen molar-refractivity contribution in [2.75, 3.05) is 13.7 Å². The highest BCUT2D eigenvalue weighted by Crippen LogP contribution is 2.29. The maximum atomic E-state index is 10.3. The number of nitrogens with zero attached hydrogens (tertiary/aromatic N) is 2. The van der Waals surface area contributed by atoms with Gasteiger partial charge >= 0.3 is 0 Å². The molecule has 0 saturated heterocycles. The minimum Gasteiger partial charge on any atom is -0.493 e. The smallest absolute Gasteiger partial charge is 0.161 e. The molecule has 2 aromatic carbocycles. The molecule has 0 aliphatic carbocycles. The van der Waals surface area contributed by atoms with Gasteiger partial charge in [0.25, 0.3) is 0 Å². The Morgan fingerprint density at radius 2 is 2.04 bits per heavy atom. The standard InChI is InChI=1S/C22H26N2O3/c1-4-8-16-11-12-20(21(15-16)26-3)27-14-13-24-18-10-7-6-9-17(18)23-22(24)19(25)5-2/h4,6-7,9-12,15,19,25H,1,5,8,13-14H2,2-3H3/t19-/m1/s1. The first-order valence-electron chi connectivity index (χ1n) is 9.21. The lowest BCUT2D eigenvalue weighted by atomic mass is 10.1. The predicted octanol–water partition coefficient (Wildman–Crippen LogP) is 4.30. The molecule has 0 amide bonds. The molecule has 142 valence electrons. The van der Waals surface area contributed by atoms with Crippen LogP contribution >= 0.6 is 0 Å². The number of para-hydroxylation sites is 2. The number of ether oxygens (including phenoxy) is 2. The molecule has 0 aliphatic heterocycles. The minimum atomic E-state index is -0.592. The summed E-state index contributed by atoms with van der Waals surface area (Å²) < 4.78 is 13.5. The first-order chi connectivity index (χ1) is 13.2. The summed E-state index contributed by atoms with van der Waals surface area (Å²) in [7, 11) is 1.64. The van der Waals surface area contributed by atoms with E-state index in [2.05, 4.69) is 11.6 Å². The van der Waals surface area contributed by atoms with Crippen LogP contribution in [0.3, 0.4) is 0 Å². The Bertz CT molecular complexity index is 917. The Morgan fingerprint density at radius 3 is 2.78 bits per heavy atom. The Hall–Kier alpha value is -2.79. The lowest BCUT2D eigenvalue weighted by Crippen LogP contribution is -2.14. The zero-order valence-electron chi connectivity index (χ0n) is 15.9. The summed E-state index contributed by atoms with van der Waals surface area (Å²) in [5.74, 6) is 2.08. The Morgan fingerprint density at radius 1 is 1.22 bits per heavy atom. The minimum absolute atomic E-state index is 0.445. The van der Waals surface area contributed by atoms with E-state index in [1.54, 1.807) is 7.11 Å². The molecule has 27 heavy (non-hydrogen) atoms. The predicted molar refractivity (Wildman–Crippen MR) is 107 cm³/mol. The third-order valence-corrected chi connectivity index (χ3v) is 4.55. The molecule has 5 heteroatoms. The SMILES string of the molecule is C=CCc1ccc(OCCn2c([C@H](O)CC)nc3ccccc32)c(OC)c1. The van der Waals surface area contributed by atoms with Crippen LogP contribution < -0.4 is 9.47 Å². The summed E-state index contributed by atoms with van der Waals surface area (Å²) in [5, 5.41) is 10.3. The van der Waals surface area contributed by atoms with Gasteiger partial charge in [-0.15, -0.1) is 6.58 Å². The summed E-state index contributed by atoms with van der Waals surface area (Å²) in [6, 6.07) is 13.8. The molecular weight excluding hydrogens is 340 g/mol. The molecule has 0 fully saturated rings. The summed E-state index contributed by atoms with van der Waals surface area (Å²) in [5.41, 5.74) is 3.01. The molecule has 1 atom stereocenters. The fourth-order valence-electron chi connectivity index (χ4n) is 3.14. The molecule has 0 spiro atoms. The largest absolute Gasteiger partial charge is 0.493 e. The van der Waals surface area contributed by atoms with Crippen LogP contribution in [0, 0.1) is 0 Å². The van der Waals surface area contributed by atoms with Crippen LogP contribution in [0.5, 0.6) is 11.5 Å². The molecule has 0 saturated carbocycles. The normalized spacial score (nSPS) is 12.1. The lowest BCUT2D eigenvalue weighted by Gasteiger charge is -2.15. The zero-order chi connectivity index (χ0) is 19.2. The number of rotatable bonds is 9. The quantitative estimate of drug-likeness (QED) is 0.574. The lowest BCUT2D eigenvalue weighted by molar-refractivity contribution is 0.157.